The molecule has 0 bridgehead atoms. The molecular weight excluding hydrogens is 317 g/mol. The van der Waals surface area contributed by atoms with Crippen molar-refractivity contribution in [3.8, 4) is 0 Å². The Balaban J connectivity index is 2.49. The third-order valence-electron chi connectivity index (χ3n) is 2.78. The van der Waals surface area contributed by atoms with Gasteiger partial charge < -0.3 is 5.11 Å². The molecule has 0 aliphatic rings. The molecule has 0 fully saturated rings. The van der Waals surface area contributed by atoms with Gasteiger partial charge in [-0.05, 0) is 25.1 Å². The van der Waals surface area contributed by atoms with Gasteiger partial charge in [0.05, 0.1) is 11.3 Å². The van der Waals surface area contributed by atoms with E-state index < -0.39 is 21.8 Å². The maximum Gasteiger partial charge on any atom is 0.336 e. The van der Waals surface area contributed by atoms with Crippen LogP contribution in [0.25, 0.3) is 0 Å². The first-order chi connectivity index (χ1) is 9.87. The molecular formula is C13H12FNO4S2. The van der Waals surface area contributed by atoms with Crippen LogP contribution in [0.4, 0.5) is 10.1 Å². The molecule has 1 heterocycles. The summed E-state index contributed by atoms with van der Waals surface area (Å²) in [5.41, 5.74) is -0.173. The highest BCUT2D eigenvalue weighted by Crippen LogP contribution is 2.29. The summed E-state index contributed by atoms with van der Waals surface area (Å²) in [5, 5.41) is 10.1. The average molecular weight is 329 g/mol. The van der Waals surface area contributed by atoms with Crippen LogP contribution in [0.5, 0.6) is 0 Å². The van der Waals surface area contributed by atoms with Gasteiger partial charge in [0.2, 0.25) is 0 Å². The van der Waals surface area contributed by atoms with E-state index in [1.807, 2.05) is 0 Å². The van der Waals surface area contributed by atoms with Crippen molar-refractivity contribution in [2.45, 2.75) is 11.1 Å². The van der Waals surface area contributed by atoms with E-state index in [1.54, 1.807) is 6.92 Å². The largest absolute Gasteiger partial charge is 0.478 e. The summed E-state index contributed by atoms with van der Waals surface area (Å²) < 4.78 is 39.6. The van der Waals surface area contributed by atoms with E-state index in [9.17, 15) is 17.6 Å². The van der Waals surface area contributed by atoms with Crippen LogP contribution in [-0.2, 0) is 10.0 Å². The summed E-state index contributed by atoms with van der Waals surface area (Å²) in [6.45, 7) is 1.61. The average Bonchev–Trinajstić information content (AvgIpc) is 2.92. The van der Waals surface area contributed by atoms with Crippen LogP contribution < -0.4 is 4.31 Å². The van der Waals surface area contributed by atoms with Crippen LogP contribution in [-0.4, -0.2) is 26.0 Å². The number of para-hydroxylation sites is 1. The molecule has 0 saturated heterocycles. The molecule has 0 unspecified atom stereocenters. The fourth-order valence-corrected chi connectivity index (χ4v) is 4.54. The Morgan fingerprint density at radius 1 is 1.38 bits per heavy atom. The van der Waals surface area contributed by atoms with Crippen LogP contribution in [0.1, 0.15) is 17.3 Å². The maximum atomic E-state index is 13.8. The molecule has 1 aromatic heterocycles. The Labute approximate surface area is 125 Å². The molecule has 2 aromatic rings. The summed E-state index contributed by atoms with van der Waals surface area (Å²) in [6, 6.07) is 6.61. The van der Waals surface area contributed by atoms with E-state index in [1.165, 1.54) is 29.6 Å². The Bertz CT molecular complexity index is 770. The Morgan fingerprint density at radius 2 is 2.05 bits per heavy atom. The smallest absolute Gasteiger partial charge is 0.336 e. The molecule has 0 aliphatic carbocycles. The monoisotopic (exact) mass is 329 g/mol. The van der Waals surface area contributed by atoms with E-state index in [-0.39, 0.29) is 22.0 Å². The number of hydrogen-bond acceptors (Lipinski definition) is 4. The molecule has 0 atom stereocenters. The lowest BCUT2D eigenvalue weighted by molar-refractivity contribution is 0.0697. The normalized spacial score (nSPS) is 11.3. The van der Waals surface area contributed by atoms with Crippen molar-refractivity contribution in [1.29, 1.82) is 0 Å². The highest BCUT2D eigenvalue weighted by molar-refractivity contribution is 7.94. The fourth-order valence-electron chi connectivity index (χ4n) is 1.80. The van der Waals surface area contributed by atoms with E-state index in [4.69, 9.17) is 5.11 Å². The summed E-state index contributed by atoms with van der Waals surface area (Å²) in [4.78, 5) is 10.8. The van der Waals surface area contributed by atoms with Gasteiger partial charge in [0.25, 0.3) is 10.0 Å². The van der Waals surface area contributed by atoms with Crippen LogP contribution in [0.2, 0.25) is 0 Å². The lowest BCUT2D eigenvalue weighted by Crippen LogP contribution is -2.31. The standard InChI is InChI=1S/C13H12FNO4S2/c1-2-15(11-6-4-3-5-10(11)14)21(18,19)12-7-9(8-20-12)13(16)17/h3-8H,2H2,1H3,(H,16,17). The van der Waals surface area contributed by atoms with Crippen molar-refractivity contribution < 1.29 is 22.7 Å². The second-order valence-electron chi connectivity index (χ2n) is 4.08. The van der Waals surface area contributed by atoms with Gasteiger partial charge in [-0.3, -0.25) is 4.31 Å². The van der Waals surface area contributed by atoms with Crippen molar-refractivity contribution in [2.24, 2.45) is 0 Å². The maximum absolute atomic E-state index is 13.8. The molecule has 0 spiro atoms. The number of carboxylic acid groups (broad SMARTS) is 1. The number of halogens is 1. The minimum absolute atomic E-state index is 0.0313. The lowest BCUT2D eigenvalue weighted by Gasteiger charge is -2.22. The topological polar surface area (TPSA) is 74.7 Å². The second kappa shape index (κ2) is 5.82. The van der Waals surface area contributed by atoms with Crippen molar-refractivity contribution in [2.75, 3.05) is 10.8 Å². The van der Waals surface area contributed by atoms with E-state index in [0.717, 1.165) is 21.7 Å². The number of nitrogens with zero attached hydrogens (tertiary/aromatic N) is 1. The number of thiophene rings is 1. The molecule has 0 aliphatic heterocycles. The van der Waals surface area contributed by atoms with Gasteiger partial charge in [0.1, 0.15) is 10.0 Å². The molecule has 21 heavy (non-hydrogen) atoms. The Kier molecular flexibility index (Phi) is 4.29. The number of benzene rings is 1. The molecule has 2 rings (SSSR count). The van der Waals surface area contributed by atoms with E-state index in [0.29, 0.717) is 0 Å². The summed E-state index contributed by atoms with van der Waals surface area (Å²) in [5.74, 6) is -1.86. The Morgan fingerprint density at radius 3 is 2.57 bits per heavy atom. The third kappa shape index (κ3) is 2.91. The van der Waals surface area contributed by atoms with Gasteiger partial charge in [-0.1, -0.05) is 12.1 Å². The number of carbonyl (C=O) groups is 1. The fraction of sp³-hybridized carbons (Fsp3) is 0.154. The van der Waals surface area contributed by atoms with E-state index >= 15 is 0 Å². The number of anilines is 1. The molecule has 0 radical (unpaired) electrons. The van der Waals surface area contributed by atoms with Gasteiger partial charge in [-0.2, -0.15) is 0 Å². The summed E-state index contributed by atoms with van der Waals surface area (Å²) in [6.07, 6.45) is 0. The second-order valence-corrected chi connectivity index (χ2v) is 7.08. The molecule has 112 valence electrons. The SMILES string of the molecule is CCN(c1ccccc1F)S(=O)(=O)c1cc(C(=O)O)cs1. The van der Waals surface area contributed by atoms with Gasteiger partial charge in [-0.25, -0.2) is 17.6 Å². The third-order valence-corrected chi connectivity index (χ3v) is 6.08. The molecule has 0 amide bonds. The van der Waals surface area contributed by atoms with Gasteiger partial charge in [-0.15, -0.1) is 11.3 Å². The Hall–Kier alpha value is -1.93. The lowest BCUT2D eigenvalue weighted by atomic mass is 10.3. The zero-order chi connectivity index (χ0) is 15.6. The zero-order valence-corrected chi connectivity index (χ0v) is 12.6. The summed E-state index contributed by atoms with van der Waals surface area (Å²) in [7, 11) is -3.99. The first-order valence-corrected chi connectivity index (χ1v) is 8.29. The predicted octanol–water partition coefficient (Wildman–Crippen LogP) is 2.80. The highest BCUT2D eigenvalue weighted by Gasteiger charge is 2.27. The van der Waals surface area contributed by atoms with Crippen LogP contribution >= 0.6 is 11.3 Å². The van der Waals surface area contributed by atoms with Crippen LogP contribution in [0.15, 0.2) is 39.9 Å². The van der Waals surface area contributed by atoms with Gasteiger partial charge >= 0.3 is 5.97 Å². The quantitative estimate of drug-likeness (QED) is 0.915. The van der Waals surface area contributed by atoms with Crippen LogP contribution in [0, 0.1) is 5.82 Å². The number of rotatable bonds is 5. The molecule has 0 saturated carbocycles. The number of aromatic carboxylic acids is 1. The summed E-state index contributed by atoms with van der Waals surface area (Å²) >= 11 is 0.796. The minimum atomic E-state index is -3.99. The molecule has 1 aromatic carbocycles. The number of carboxylic acids is 1. The predicted molar refractivity (Wildman–Crippen MR) is 77.9 cm³/mol. The molecule has 8 heteroatoms. The highest BCUT2D eigenvalue weighted by atomic mass is 32.2. The number of hydrogen-bond donors (Lipinski definition) is 1. The first kappa shape index (κ1) is 15.5. The van der Waals surface area contributed by atoms with E-state index in [2.05, 4.69) is 0 Å². The minimum Gasteiger partial charge on any atom is -0.478 e. The van der Waals surface area contributed by atoms with Crippen molar-refractivity contribution in [3.63, 3.8) is 0 Å². The molecule has 1 N–H and O–H groups in total. The molecule has 5 nitrogen and oxygen atoms in total. The number of sulfonamides is 1. The van der Waals surface area contributed by atoms with Crippen LogP contribution in [0.3, 0.4) is 0 Å². The van der Waals surface area contributed by atoms with Gasteiger partial charge in [0.15, 0.2) is 0 Å². The zero-order valence-electron chi connectivity index (χ0n) is 11.0. The van der Waals surface area contributed by atoms with Crippen molar-refractivity contribution >= 4 is 33.0 Å². The van der Waals surface area contributed by atoms with Crippen molar-refractivity contribution in [3.05, 3.63) is 47.1 Å². The first-order valence-electron chi connectivity index (χ1n) is 5.97. The van der Waals surface area contributed by atoms with Crippen molar-refractivity contribution in [1.82, 2.24) is 0 Å². The van der Waals surface area contributed by atoms with Gasteiger partial charge in [0, 0.05) is 11.9 Å².